The van der Waals surface area contributed by atoms with Crippen LogP contribution in [0.4, 0.5) is 0 Å². The van der Waals surface area contributed by atoms with E-state index >= 15 is 0 Å². The molecule has 0 unspecified atom stereocenters. The van der Waals surface area contributed by atoms with Crippen LogP contribution in [0.5, 0.6) is 11.5 Å². The number of nitrogens with zero attached hydrogens (tertiary/aromatic N) is 1. The van der Waals surface area contributed by atoms with Gasteiger partial charge < -0.3 is 19.7 Å². The maximum absolute atomic E-state index is 11.8. The average molecular weight is 320 g/mol. The van der Waals surface area contributed by atoms with E-state index in [0.29, 0.717) is 32.2 Å². The maximum Gasteiger partial charge on any atom is 0.221 e. The highest BCUT2D eigenvalue weighted by atomic mass is 16.5. The molecule has 1 aromatic rings. The van der Waals surface area contributed by atoms with Crippen LogP contribution in [0.15, 0.2) is 24.3 Å². The normalized spacial score (nSPS) is 13.3. The fraction of sp³-hybridized carbons (Fsp3) is 0.529. The van der Waals surface area contributed by atoms with Gasteiger partial charge in [0.2, 0.25) is 11.8 Å². The summed E-state index contributed by atoms with van der Waals surface area (Å²) in [5.74, 6) is 1.49. The lowest BCUT2D eigenvalue weighted by molar-refractivity contribution is -0.130. The van der Waals surface area contributed by atoms with E-state index in [2.05, 4.69) is 5.32 Å². The van der Waals surface area contributed by atoms with Crippen LogP contribution in [0.25, 0.3) is 0 Å². The van der Waals surface area contributed by atoms with E-state index in [-0.39, 0.29) is 11.8 Å². The fourth-order valence-corrected chi connectivity index (χ4v) is 2.33. The summed E-state index contributed by atoms with van der Waals surface area (Å²) in [4.78, 5) is 25.0. The molecule has 0 spiro atoms. The zero-order valence-corrected chi connectivity index (χ0v) is 13.7. The van der Waals surface area contributed by atoms with Crippen LogP contribution in [-0.4, -0.2) is 49.6 Å². The molecular formula is C17H24N2O4. The molecule has 0 radical (unpaired) electrons. The molecule has 0 aliphatic heterocycles. The van der Waals surface area contributed by atoms with E-state index in [0.717, 1.165) is 24.3 Å². The molecule has 2 rings (SSSR count). The van der Waals surface area contributed by atoms with E-state index in [1.807, 2.05) is 24.3 Å². The quantitative estimate of drug-likeness (QED) is 0.702. The van der Waals surface area contributed by atoms with Crippen molar-refractivity contribution in [1.82, 2.24) is 10.2 Å². The molecule has 6 nitrogen and oxygen atoms in total. The number of methoxy groups -OCH3 is 1. The maximum atomic E-state index is 11.8. The first-order valence-electron chi connectivity index (χ1n) is 7.91. The molecule has 1 fully saturated rings. The summed E-state index contributed by atoms with van der Waals surface area (Å²) in [6, 6.07) is 7.63. The molecule has 0 heterocycles. The van der Waals surface area contributed by atoms with E-state index < -0.39 is 0 Å². The third-order valence-corrected chi connectivity index (χ3v) is 3.72. The van der Waals surface area contributed by atoms with Crippen LogP contribution < -0.4 is 14.8 Å². The standard InChI is InChI=1S/C17H24N2O4/c1-13(20)19(14-3-4-14)11-9-17(21)18-10-12-23-16-7-5-15(22-2)6-8-16/h5-8,14H,3-4,9-12H2,1-2H3,(H,18,21). The number of nitrogens with one attached hydrogen (secondary N) is 1. The molecule has 0 saturated heterocycles. The van der Waals surface area contributed by atoms with Gasteiger partial charge in [0.1, 0.15) is 18.1 Å². The third kappa shape index (κ3) is 5.81. The molecule has 126 valence electrons. The number of carbonyl (C=O) groups excluding carboxylic acids is 2. The molecule has 1 saturated carbocycles. The largest absolute Gasteiger partial charge is 0.497 e. The first-order valence-corrected chi connectivity index (χ1v) is 7.91. The van der Waals surface area contributed by atoms with Gasteiger partial charge >= 0.3 is 0 Å². The van der Waals surface area contributed by atoms with Crippen molar-refractivity contribution in [2.75, 3.05) is 26.8 Å². The predicted molar refractivity (Wildman–Crippen MR) is 86.5 cm³/mol. The first-order chi connectivity index (χ1) is 11.1. The number of amides is 2. The zero-order valence-electron chi connectivity index (χ0n) is 13.7. The van der Waals surface area contributed by atoms with Gasteiger partial charge in [-0.3, -0.25) is 9.59 Å². The second-order valence-electron chi connectivity index (χ2n) is 5.57. The van der Waals surface area contributed by atoms with Crippen LogP contribution in [0.2, 0.25) is 0 Å². The van der Waals surface area contributed by atoms with Gasteiger partial charge in [0.15, 0.2) is 0 Å². The Morgan fingerprint density at radius 3 is 2.43 bits per heavy atom. The molecule has 2 amide bonds. The molecule has 1 aliphatic carbocycles. The topological polar surface area (TPSA) is 67.9 Å². The molecule has 23 heavy (non-hydrogen) atoms. The summed E-state index contributed by atoms with van der Waals surface area (Å²) in [7, 11) is 1.61. The van der Waals surface area contributed by atoms with E-state index in [4.69, 9.17) is 9.47 Å². The minimum Gasteiger partial charge on any atom is -0.497 e. The van der Waals surface area contributed by atoms with Gasteiger partial charge in [-0.2, -0.15) is 0 Å². The molecular weight excluding hydrogens is 296 g/mol. The minimum absolute atomic E-state index is 0.0446. The van der Waals surface area contributed by atoms with Crippen LogP contribution in [0.3, 0.4) is 0 Å². The second-order valence-corrected chi connectivity index (χ2v) is 5.57. The van der Waals surface area contributed by atoms with Crippen molar-refractivity contribution in [3.8, 4) is 11.5 Å². The number of rotatable bonds is 9. The molecule has 0 bridgehead atoms. The lowest BCUT2D eigenvalue weighted by atomic mass is 10.3. The second kappa shape index (κ2) is 8.41. The van der Waals surface area contributed by atoms with Crippen molar-refractivity contribution in [2.45, 2.75) is 32.2 Å². The number of ether oxygens (including phenoxy) is 2. The van der Waals surface area contributed by atoms with Crippen molar-refractivity contribution in [1.29, 1.82) is 0 Å². The lowest BCUT2D eigenvalue weighted by Crippen LogP contribution is -2.36. The Balaban J connectivity index is 1.59. The highest BCUT2D eigenvalue weighted by Crippen LogP contribution is 2.26. The molecule has 1 aromatic carbocycles. The van der Waals surface area contributed by atoms with E-state index in [1.165, 1.54) is 0 Å². The Bertz CT molecular complexity index is 526. The van der Waals surface area contributed by atoms with Gasteiger partial charge in [-0.25, -0.2) is 0 Å². The van der Waals surface area contributed by atoms with Crippen LogP contribution in [0.1, 0.15) is 26.2 Å². The Labute approximate surface area is 136 Å². The van der Waals surface area contributed by atoms with Gasteiger partial charge in [-0.1, -0.05) is 0 Å². The molecule has 1 N–H and O–H groups in total. The highest BCUT2D eigenvalue weighted by Gasteiger charge is 2.30. The monoisotopic (exact) mass is 320 g/mol. The molecule has 1 aliphatic rings. The number of carbonyl (C=O) groups is 2. The molecule has 0 atom stereocenters. The van der Waals surface area contributed by atoms with Gasteiger partial charge in [-0.15, -0.1) is 0 Å². The van der Waals surface area contributed by atoms with Crippen molar-refractivity contribution < 1.29 is 19.1 Å². The summed E-state index contributed by atoms with van der Waals surface area (Å²) in [5, 5.41) is 2.80. The first kappa shape index (κ1) is 17.1. The Kier molecular flexibility index (Phi) is 6.26. The Morgan fingerprint density at radius 2 is 1.87 bits per heavy atom. The summed E-state index contributed by atoms with van der Waals surface area (Å²) >= 11 is 0. The smallest absolute Gasteiger partial charge is 0.221 e. The Hall–Kier alpha value is -2.24. The van der Waals surface area contributed by atoms with Crippen LogP contribution in [-0.2, 0) is 9.59 Å². The summed E-state index contributed by atoms with van der Waals surface area (Å²) in [6.07, 6.45) is 2.44. The van der Waals surface area contributed by atoms with Gasteiger partial charge in [0.05, 0.1) is 13.7 Å². The molecule has 6 heteroatoms. The molecule has 0 aromatic heterocycles. The van der Waals surface area contributed by atoms with Gasteiger partial charge in [0.25, 0.3) is 0 Å². The predicted octanol–water partition coefficient (Wildman–Crippen LogP) is 1.59. The van der Waals surface area contributed by atoms with Crippen molar-refractivity contribution in [2.24, 2.45) is 0 Å². The zero-order chi connectivity index (χ0) is 16.7. The van der Waals surface area contributed by atoms with Crippen molar-refractivity contribution in [3.63, 3.8) is 0 Å². The van der Waals surface area contributed by atoms with E-state index in [1.54, 1.807) is 18.9 Å². The fourth-order valence-electron chi connectivity index (χ4n) is 2.33. The van der Waals surface area contributed by atoms with Gasteiger partial charge in [-0.05, 0) is 37.1 Å². The van der Waals surface area contributed by atoms with Crippen molar-refractivity contribution in [3.05, 3.63) is 24.3 Å². The van der Waals surface area contributed by atoms with Crippen molar-refractivity contribution >= 4 is 11.8 Å². The summed E-state index contributed by atoms with van der Waals surface area (Å²) in [5.41, 5.74) is 0. The average Bonchev–Trinajstić information content (AvgIpc) is 3.37. The highest BCUT2D eigenvalue weighted by molar-refractivity contribution is 5.78. The third-order valence-electron chi connectivity index (χ3n) is 3.72. The number of benzene rings is 1. The number of hydrogen-bond donors (Lipinski definition) is 1. The minimum atomic E-state index is -0.0600. The number of hydrogen-bond acceptors (Lipinski definition) is 4. The van der Waals surface area contributed by atoms with Gasteiger partial charge in [0, 0.05) is 25.9 Å². The van der Waals surface area contributed by atoms with Crippen LogP contribution in [0, 0.1) is 0 Å². The van der Waals surface area contributed by atoms with Crippen LogP contribution >= 0.6 is 0 Å². The SMILES string of the molecule is COc1ccc(OCCNC(=O)CCN(C(C)=O)C2CC2)cc1. The van der Waals surface area contributed by atoms with E-state index in [9.17, 15) is 9.59 Å². The lowest BCUT2D eigenvalue weighted by Gasteiger charge is -2.20. The summed E-state index contributed by atoms with van der Waals surface area (Å²) < 4.78 is 10.6. The summed E-state index contributed by atoms with van der Waals surface area (Å²) in [6.45, 7) is 2.88. The Morgan fingerprint density at radius 1 is 1.22 bits per heavy atom.